The summed E-state index contributed by atoms with van der Waals surface area (Å²) in [6.45, 7) is 3.58. The van der Waals surface area contributed by atoms with Crippen molar-refractivity contribution in [2.75, 3.05) is 0 Å². The van der Waals surface area contributed by atoms with Crippen LogP contribution in [0.15, 0.2) is 96.3 Å². The molecule has 1 atom stereocenters. The van der Waals surface area contributed by atoms with Gasteiger partial charge in [-0.05, 0) is 55.3 Å². The number of aryl methyl sites for hydroxylation is 1. The SMILES string of the molecule is Cc1nn2cccnc2c1C(=O)N[C@@H](C)c1nc2cccc(/C=C/c3cccnc3)c2c(=O)n1-c1ccccc1. The van der Waals surface area contributed by atoms with Gasteiger partial charge in [-0.25, -0.2) is 14.5 Å². The number of fused-ring (bicyclic) bond motifs is 2. The van der Waals surface area contributed by atoms with Crippen LogP contribution in [0, 0.1) is 6.92 Å². The highest BCUT2D eigenvalue weighted by Crippen LogP contribution is 2.23. The molecule has 4 heterocycles. The Balaban J connectivity index is 1.47. The highest BCUT2D eigenvalue weighted by molar-refractivity contribution is 6.01. The van der Waals surface area contributed by atoms with Gasteiger partial charge in [0.05, 0.1) is 28.3 Å². The molecule has 1 N–H and O–H groups in total. The van der Waals surface area contributed by atoms with Crippen molar-refractivity contribution >= 4 is 34.6 Å². The van der Waals surface area contributed by atoms with E-state index in [1.807, 2.05) is 79.7 Å². The number of amides is 1. The van der Waals surface area contributed by atoms with E-state index in [4.69, 9.17) is 4.98 Å². The van der Waals surface area contributed by atoms with E-state index in [2.05, 4.69) is 20.4 Å². The fourth-order valence-corrected chi connectivity index (χ4v) is 4.79. The Labute approximate surface area is 229 Å². The molecule has 0 fully saturated rings. The first-order chi connectivity index (χ1) is 19.5. The first-order valence-corrected chi connectivity index (χ1v) is 12.8. The highest BCUT2D eigenvalue weighted by Gasteiger charge is 2.24. The molecule has 1 amide bonds. The largest absolute Gasteiger partial charge is 0.342 e. The summed E-state index contributed by atoms with van der Waals surface area (Å²) >= 11 is 0. The van der Waals surface area contributed by atoms with Crippen LogP contribution in [0.5, 0.6) is 0 Å². The van der Waals surface area contributed by atoms with E-state index in [9.17, 15) is 9.59 Å². The van der Waals surface area contributed by atoms with Crippen LogP contribution in [0.3, 0.4) is 0 Å². The van der Waals surface area contributed by atoms with Gasteiger partial charge in [-0.15, -0.1) is 0 Å². The van der Waals surface area contributed by atoms with E-state index in [1.54, 1.807) is 46.9 Å². The third-order valence-corrected chi connectivity index (χ3v) is 6.64. The van der Waals surface area contributed by atoms with E-state index in [-0.39, 0.29) is 11.5 Å². The molecule has 2 aromatic carbocycles. The van der Waals surface area contributed by atoms with Crippen molar-refractivity contribution in [3.63, 3.8) is 0 Å². The number of benzene rings is 2. The number of carbonyl (C=O) groups excluding carboxylic acids is 1. The lowest BCUT2D eigenvalue weighted by molar-refractivity contribution is 0.0938. The van der Waals surface area contributed by atoms with Gasteiger partial charge in [0, 0.05) is 24.8 Å². The normalized spacial score (nSPS) is 12.2. The summed E-state index contributed by atoms with van der Waals surface area (Å²) in [7, 11) is 0. The molecule has 6 aromatic rings. The second-order valence-electron chi connectivity index (χ2n) is 9.35. The molecule has 0 saturated heterocycles. The first kappa shape index (κ1) is 24.9. The molecule has 0 spiro atoms. The number of aromatic nitrogens is 6. The Bertz CT molecular complexity index is 1940. The number of hydrogen-bond donors (Lipinski definition) is 1. The third-order valence-electron chi connectivity index (χ3n) is 6.64. The maximum absolute atomic E-state index is 14.2. The van der Waals surface area contributed by atoms with E-state index < -0.39 is 6.04 Å². The number of carbonyl (C=O) groups is 1. The molecule has 9 heteroatoms. The van der Waals surface area contributed by atoms with Crippen LogP contribution >= 0.6 is 0 Å². The van der Waals surface area contributed by atoms with Crippen LogP contribution in [0.4, 0.5) is 0 Å². The zero-order chi connectivity index (χ0) is 27.6. The average Bonchev–Trinajstić information content (AvgIpc) is 3.32. The summed E-state index contributed by atoms with van der Waals surface area (Å²) in [6.07, 6.45) is 10.6. The molecule has 196 valence electrons. The summed E-state index contributed by atoms with van der Waals surface area (Å²) in [5.74, 6) is 0.0633. The molecular formula is C31H25N7O2. The van der Waals surface area contributed by atoms with Crippen LogP contribution in [0.2, 0.25) is 0 Å². The Morgan fingerprint density at radius 3 is 2.62 bits per heavy atom. The highest BCUT2D eigenvalue weighted by atomic mass is 16.2. The second-order valence-corrected chi connectivity index (χ2v) is 9.35. The Hall–Kier alpha value is -5.44. The minimum absolute atomic E-state index is 0.229. The van der Waals surface area contributed by atoms with Crippen LogP contribution in [-0.2, 0) is 0 Å². The van der Waals surface area contributed by atoms with E-state index in [0.29, 0.717) is 39.3 Å². The second kappa shape index (κ2) is 10.4. The standard InChI is InChI=1S/C31H25N7O2/c1-20-26(29-33-17-8-18-37(29)36-20)30(39)34-21(2)28-35-25-13-6-10-23(15-14-22-9-7-16-32-19-22)27(25)31(40)38(28)24-11-4-3-5-12-24/h3-19,21H,1-2H3,(H,34,39)/b15-14+/t21-/m0/s1. The first-order valence-electron chi connectivity index (χ1n) is 12.8. The van der Waals surface area contributed by atoms with E-state index in [1.165, 1.54) is 0 Å². The van der Waals surface area contributed by atoms with Crippen molar-refractivity contribution in [1.82, 2.24) is 34.4 Å². The Morgan fingerprint density at radius 1 is 0.975 bits per heavy atom. The van der Waals surface area contributed by atoms with Crippen molar-refractivity contribution < 1.29 is 4.79 Å². The van der Waals surface area contributed by atoms with Gasteiger partial charge in [-0.1, -0.05) is 48.6 Å². The number of pyridine rings is 1. The van der Waals surface area contributed by atoms with Crippen molar-refractivity contribution in [1.29, 1.82) is 0 Å². The Morgan fingerprint density at radius 2 is 1.82 bits per heavy atom. The van der Waals surface area contributed by atoms with Crippen molar-refractivity contribution in [2.24, 2.45) is 0 Å². The van der Waals surface area contributed by atoms with Crippen LogP contribution in [-0.4, -0.2) is 35.0 Å². The van der Waals surface area contributed by atoms with Crippen LogP contribution < -0.4 is 10.9 Å². The predicted molar refractivity (Wildman–Crippen MR) is 154 cm³/mol. The number of rotatable bonds is 6. The summed E-state index contributed by atoms with van der Waals surface area (Å²) in [4.78, 5) is 41.0. The molecule has 0 aliphatic rings. The van der Waals surface area contributed by atoms with Crippen LogP contribution in [0.1, 0.15) is 46.0 Å². The van der Waals surface area contributed by atoms with Crippen molar-refractivity contribution in [3.05, 3.63) is 130 Å². The van der Waals surface area contributed by atoms with Gasteiger partial charge in [-0.3, -0.25) is 19.1 Å². The average molecular weight is 528 g/mol. The monoisotopic (exact) mass is 527 g/mol. The molecule has 4 aromatic heterocycles. The molecule has 0 radical (unpaired) electrons. The summed E-state index contributed by atoms with van der Waals surface area (Å²) < 4.78 is 3.14. The lowest BCUT2D eigenvalue weighted by Gasteiger charge is -2.20. The molecular weight excluding hydrogens is 502 g/mol. The molecule has 0 aliphatic carbocycles. The molecule has 6 rings (SSSR count). The smallest absolute Gasteiger partial charge is 0.266 e. The molecule has 40 heavy (non-hydrogen) atoms. The van der Waals surface area contributed by atoms with Crippen molar-refractivity contribution in [2.45, 2.75) is 19.9 Å². The van der Waals surface area contributed by atoms with E-state index in [0.717, 1.165) is 11.1 Å². The third kappa shape index (κ3) is 4.54. The maximum atomic E-state index is 14.2. The maximum Gasteiger partial charge on any atom is 0.266 e. The molecule has 0 aliphatic heterocycles. The summed E-state index contributed by atoms with van der Waals surface area (Å²) in [5, 5.41) is 7.90. The molecule has 0 saturated carbocycles. The molecule has 0 bridgehead atoms. The summed E-state index contributed by atoms with van der Waals surface area (Å²) in [6, 6.07) is 19.8. The quantitative estimate of drug-likeness (QED) is 0.334. The molecule has 9 nitrogen and oxygen atoms in total. The Kier molecular flexibility index (Phi) is 6.45. The minimum atomic E-state index is -0.613. The van der Waals surface area contributed by atoms with Gasteiger partial charge >= 0.3 is 0 Å². The van der Waals surface area contributed by atoms with Gasteiger partial charge in [0.2, 0.25) is 0 Å². The van der Waals surface area contributed by atoms with Gasteiger partial charge < -0.3 is 5.32 Å². The predicted octanol–water partition coefficient (Wildman–Crippen LogP) is 4.79. The van der Waals surface area contributed by atoms with Gasteiger partial charge in [-0.2, -0.15) is 5.10 Å². The zero-order valence-electron chi connectivity index (χ0n) is 21.9. The van der Waals surface area contributed by atoms with Gasteiger partial charge in [0.25, 0.3) is 11.5 Å². The van der Waals surface area contributed by atoms with E-state index >= 15 is 0 Å². The lowest BCUT2D eigenvalue weighted by atomic mass is 10.1. The fraction of sp³-hybridized carbons (Fsp3) is 0.0968. The summed E-state index contributed by atoms with van der Waals surface area (Å²) in [5.41, 5.74) is 4.01. The topological polar surface area (TPSA) is 107 Å². The fourth-order valence-electron chi connectivity index (χ4n) is 4.79. The molecule has 0 unspecified atom stereocenters. The number of nitrogens with one attached hydrogen (secondary N) is 1. The number of hydrogen-bond acceptors (Lipinski definition) is 6. The number of para-hydroxylation sites is 1. The van der Waals surface area contributed by atoms with Crippen molar-refractivity contribution in [3.8, 4) is 5.69 Å². The minimum Gasteiger partial charge on any atom is -0.342 e. The number of nitrogens with zero attached hydrogens (tertiary/aromatic N) is 6. The van der Waals surface area contributed by atoms with Gasteiger partial charge in [0.1, 0.15) is 11.4 Å². The van der Waals surface area contributed by atoms with Crippen LogP contribution in [0.25, 0.3) is 34.4 Å². The zero-order valence-corrected chi connectivity index (χ0v) is 21.9. The lowest BCUT2D eigenvalue weighted by Crippen LogP contribution is -2.33. The van der Waals surface area contributed by atoms with Gasteiger partial charge in [0.15, 0.2) is 5.65 Å².